The molecule has 0 saturated carbocycles. The van der Waals surface area contributed by atoms with E-state index in [1.807, 2.05) is 12.1 Å². The standard InChI is InChI=1S/C16H18Cl2N2O3/c17-13-2-1-11(7-14(13)18)8-19-5-6-23-12(9-19)10-20-15(21)3-4-16(20)22/h1-2,7,12H,3-6,8-10H2/t12-/m0/s1. The Hall–Kier alpha value is -1.14. The van der Waals surface area contributed by atoms with Gasteiger partial charge >= 0.3 is 0 Å². The van der Waals surface area contributed by atoms with Crippen LogP contribution in [-0.2, 0) is 20.9 Å². The van der Waals surface area contributed by atoms with Crippen molar-refractivity contribution in [2.24, 2.45) is 0 Å². The van der Waals surface area contributed by atoms with Crippen molar-refractivity contribution < 1.29 is 14.3 Å². The van der Waals surface area contributed by atoms with Gasteiger partial charge in [0.15, 0.2) is 0 Å². The lowest BCUT2D eigenvalue weighted by Gasteiger charge is -2.34. The molecule has 0 bridgehead atoms. The number of imide groups is 1. The summed E-state index contributed by atoms with van der Waals surface area (Å²) in [5.74, 6) is -0.194. The molecular formula is C16H18Cl2N2O3. The minimum Gasteiger partial charge on any atom is -0.374 e. The molecule has 0 aliphatic carbocycles. The molecule has 2 fully saturated rings. The van der Waals surface area contributed by atoms with E-state index < -0.39 is 0 Å². The maximum Gasteiger partial charge on any atom is 0.229 e. The summed E-state index contributed by atoms with van der Waals surface area (Å²) >= 11 is 12.0. The van der Waals surface area contributed by atoms with Crippen LogP contribution in [0.2, 0.25) is 10.0 Å². The number of nitrogens with zero attached hydrogens (tertiary/aromatic N) is 2. The second kappa shape index (κ2) is 7.18. The molecule has 1 atom stereocenters. The van der Waals surface area contributed by atoms with Gasteiger partial charge in [-0.3, -0.25) is 19.4 Å². The van der Waals surface area contributed by atoms with Crippen molar-refractivity contribution in [2.75, 3.05) is 26.2 Å². The van der Waals surface area contributed by atoms with Crippen molar-refractivity contribution in [3.63, 3.8) is 0 Å². The van der Waals surface area contributed by atoms with Gasteiger partial charge in [-0.15, -0.1) is 0 Å². The summed E-state index contributed by atoms with van der Waals surface area (Å²) in [5.41, 5.74) is 1.08. The van der Waals surface area contributed by atoms with Crippen LogP contribution >= 0.6 is 23.2 Å². The molecule has 0 spiro atoms. The van der Waals surface area contributed by atoms with Crippen LogP contribution < -0.4 is 0 Å². The molecule has 3 rings (SSSR count). The van der Waals surface area contributed by atoms with Gasteiger partial charge in [-0.2, -0.15) is 0 Å². The summed E-state index contributed by atoms with van der Waals surface area (Å²) in [6.07, 6.45) is 0.495. The van der Waals surface area contributed by atoms with Gasteiger partial charge in [0.05, 0.1) is 29.3 Å². The molecule has 5 nitrogen and oxygen atoms in total. The fraction of sp³-hybridized carbons (Fsp3) is 0.500. The molecule has 2 heterocycles. The van der Waals surface area contributed by atoms with E-state index in [9.17, 15) is 9.59 Å². The highest BCUT2D eigenvalue weighted by atomic mass is 35.5. The number of halogens is 2. The van der Waals surface area contributed by atoms with E-state index in [-0.39, 0.29) is 17.9 Å². The highest BCUT2D eigenvalue weighted by Gasteiger charge is 2.32. The quantitative estimate of drug-likeness (QED) is 0.777. The van der Waals surface area contributed by atoms with Crippen molar-refractivity contribution in [1.29, 1.82) is 0 Å². The van der Waals surface area contributed by atoms with Crippen LogP contribution in [0.4, 0.5) is 0 Å². The molecule has 0 aromatic heterocycles. The largest absolute Gasteiger partial charge is 0.374 e. The maximum atomic E-state index is 11.7. The maximum absolute atomic E-state index is 11.7. The van der Waals surface area contributed by atoms with Gasteiger partial charge in [0.1, 0.15) is 0 Å². The molecule has 2 aliphatic heterocycles. The van der Waals surface area contributed by atoms with E-state index >= 15 is 0 Å². The minimum atomic E-state index is -0.141. The molecule has 2 aliphatic rings. The van der Waals surface area contributed by atoms with Crippen LogP contribution in [0.3, 0.4) is 0 Å². The van der Waals surface area contributed by atoms with Gasteiger partial charge < -0.3 is 4.74 Å². The molecular weight excluding hydrogens is 339 g/mol. The Morgan fingerprint density at radius 2 is 1.87 bits per heavy atom. The van der Waals surface area contributed by atoms with Crippen LogP contribution in [0.25, 0.3) is 0 Å². The second-order valence-corrected chi connectivity index (χ2v) is 6.69. The zero-order chi connectivity index (χ0) is 16.4. The number of carbonyl (C=O) groups is 2. The van der Waals surface area contributed by atoms with Crippen LogP contribution in [-0.4, -0.2) is 54.0 Å². The minimum absolute atomic E-state index is 0.0970. The summed E-state index contributed by atoms with van der Waals surface area (Å²) in [7, 11) is 0. The highest BCUT2D eigenvalue weighted by molar-refractivity contribution is 6.42. The molecule has 2 amide bonds. The fourth-order valence-corrected chi connectivity index (χ4v) is 3.28. The molecule has 2 saturated heterocycles. The van der Waals surface area contributed by atoms with Crippen molar-refractivity contribution in [3.05, 3.63) is 33.8 Å². The number of benzene rings is 1. The van der Waals surface area contributed by atoms with Gasteiger partial charge in [-0.25, -0.2) is 0 Å². The number of ether oxygens (including phenoxy) is 1. The normalized spacial score (nSPS) is 22.9. The van der Waals surface area contributed by atoms with E-state index in [1.54, 1.807) is 6.07 Å². The van der Waals surface area contributed by atoms with Crippen molar-refractivity contribution in [2.45, 2.75) is 25.5 Å². The van der Waals surface area contributed by atoms with Crippen LogP contribution in [0.15, 0.2) is 18.2 Å². The first-order valence-corrected chi connectivity index (χ1v) is 8.39. The Balaban J connectivity index is 1.58. The van der Waals surface area contributed by atoms with Gasteiger partial charge in [-0.05, 0) is 17.7 Å². The number of likely N-dealkylation sites (tertiary alicyclic amines) is 1. The summed E-state index contributed by atoms with van der Waals surface area (Å²) in [6, 6.07) is 5.60. The SMILES string of the molecule is O=C1CCC(=O)N1C[C@@H]1CN(Cc2ccc(Cl)c(Cl)c2)CCO1. The number of carbonyl (C=O) groups excluding carboxylic acids is 2. The zero-order valence-electron chi connectivity index (χ0n) is 12.6. The molecule has 23 heavy (non-hydrogen) atoms. The molecule has 0 radical (unpaired) electrons. The van der Waals surface area contributed by atoms with Crippen LogP contribution in [0.5, 0.6) is 0 Å². The van der Waals surface area contributed by atoms with Crippen molar-refractivity contribution in [1.82, 2.24) is 9.80 Å². The molecule has 1 aromatic carbocycles. The van der Waals surface area contributed by atoms with Gasteiger partial charge in [0.25, 0.3) is 0 Å². The first kappa shape index (κ1) is 16.7. The third kappa shape index (κ3) is 4.04. The number of morpholine rings is 1. The van der Waals surface area contributed by atoms with Crippen LogP contribution in [0, 0.1) is 0 Å². The van der Waals surface area contributed by atoms with Crippen LogP contribution in [0.1, 0.15) is 18.4 Å². The first-order valence-electron chi connectivity index (χ1n) is 7.64. The molecule has 124 valence electrons. The smallest absolute Gasteiger partial charge is 0.229 e. The van der Waals surface area contributed by atoms with E-state index in [1.165, 1.54) is 4.90 Å². The summed E-state index contributed by atoms with van der Waals surface area (Å²) in [6.45, 7) is 3.15. The lowest BCUT2D eigenvalue weighted by atomic mass is 10.2. The number of rotatable bonds is 4. The van der Waals surface area contributed by atoms with Gasteiger partial charge in [-0.1, -0.05) is 29.3 Å². The average molecular weight is 357 g/mol. The van der Waals surface area contributed by atoms with Gasteiger partial charge in [0.2, 0.25) is 11.8 Å². The van der Waals surface area contributed by atoms with Crippen molar-refractivity contribution in [3.8, 4) is 0 Å². The lowest BCUT2D eigenvalue weighted by molar-refractivity contribution is -0.142. The van der Waals surface area contributed by atoms with Gasteiger partial charge in [0, 0.05) is 32.5 Å². The number of hydrogen-bond donors (Lipinski definition) is 0. The number of amides is 2. The summed E-state index contributed by atoms with van der Waals surface area (Å²) in [5, 5.41) is 1.09. The molecule has 0 N–H and O–H groups in total. The monoisotopic (exact) mass is 356 g/mol. The van der Waals surface area contributed by atoms with Crippen molar-refractivity contribution >= 4 is 35.0 Å². The lowest BCUT2D eigenvalue weighted by Crippen LogP contribution is -2.48. The molecule has 0 unspecified atom stereocenters. The Labute approximate surface area is 145 Å². The summed E-state index contributed by atoms with van der Waals surface area (Å²) < 4.78 is 5.71. The highest BCUT2D eigenvalue weighted by Crippen LogP contribution is 2.24. The third-order valence-corrected chi connectivity index (χ3v) is 4.89. The predicted octanol–water partition coefficient (Wildman–Crippen LogP) is 2.34. The molecule has 7 heteroatoms. The second-order valence-electron chi connectivity index (χ2n) is 5.87. The first-order chi connectivity index (χ1) is 11.0. The third-order valence-electron chi connectivity index (χ3n) is 4.15. The van der Waals surface area contributed by atoms with E-state index in [4.69, 9.17) is 27.9 Å². The Kier molecular flexibility index (Phi) is 5.21. The average Bonchev–Trinajstić information content (AvgIpc) is 2.83. The van der Waals surface area contributed by atoms with E-state index in [0.717, 1.165) is 18.7 Å². The van der Waals surface area contributed by atoms with E-state index in [2.05, 4.69) is 4.90 Å². The Morgan fingerprint density at radius 1 is 1.13 bits per heavy atom. The Bertz CT molecular complexity index is 607. The zero-order valence-corrected chi connectivity index (χ0v) is 14.1. The van der Waals surface area contributed by atoms with E-state index in [0.29, 0.717) is 42.6 Å². The predicted molar refractivity (Wildman–Crippen MR) is 87.4 cm³/mol. The number of hydrogen-bond acceptors (Lipinski definition) is 4. The topological polar surface area (TPSA) is 49.9 Å². The summed E-state index contributed by atoms with van der Waals surface area (Å²) in [4.78, 5) is 27.0. The molecule has 1 aromatic rings. The fourth-order valence-electron chi connectivity index (χ4n) is 2.96. The Morgan fingerprint density at radius 3 is 2.57 bits per heavy atom.